The molecule has 0 aliphatic heterocycles. The van der Waals surface area contributed by atoms with Crippen LogP contribution in [-0.4, -0.2) is 19.4 Å². The summed E-state index contributed by atoms with van der Waals surface area (Å²) < 4.78 is 11.0. The summed E-state index contributed by atoms with van der Waals surface area (Å²) in [5, 5.41) is 5.33. The largest absolute Gasteiger partial charge is 0.252 e. The molecule has 0 bridgehead atoms. The summed E-state index contributed by atoms with van der Waals surface area (Å²) in [5.41, 5.74) is 1.07. The zero-order valence-corrected chi connectivity index (χ0v) is 10.1. The Bertz CT molecular complexity index is 339. The summed E-state index contributed by atoms with van der Waals surface area (Å²) in [4.78, 5) is 8.27. The van der Waals surface area contributed by atoms with Gasteiger partial charge in [0, 0.05) is 17.6 Å². The van der Waals surface area contributed by atoms with E-state index < -0.39 is 11.0 Å². The Kier molecular flexibility index (Phi) is 4.35. The summed E-state index contributed by atoms with van der Waals surface area (Å²) in [6.07, 6.45) is 4.42. The molecule has 3 atom stereocenters. The summed E-state index contributed by atoms with van der Waals surface area (Å²) in [5.74, 6) is 1.05. The molecule has 84 valence electrons. The molecule has 0 fully saturated rings. The highest BCUT2D eigenvalue weighted by Gasteiger charge is 2.14. The van der Waals surface area contributed by atoms with Crippen molar-refractivity contribution >= 4 is 11.0 Å². The Balaban J connectivity index is 2.64. The highest BCUT2D eigenvalue weighted by Crippen LogP contribution is 2.20. The second-order valence-corrected chi connectivity index (χ2v) is 5.30. The van der Waals surface area contributed by atoms with Gasteiger partial charge < -0.3 is 0 Å². The van der Waals surface area contributed by atoms with E-state index in [0.717, 1.165) is 17.8 Å². The van der Waals surface area contributed by atoms with Crippen LogP contribution in [-0.2, 0) is 11.0 Å². The molecule has 0 aliphatic rings. The predicted octanol–water partition coefficient (Wildman–Crippen LogP) is 1.29. The van der Waals surface area contributed by atoms with Gasteiger partial charge in [0.15, 0.2) is 0 Å². The SMILES string of the molecule is Cc1ncc([C@H](C)CC(C)S(N)=O)cn1. The quantitative estimate of drug-likeness (QED) is 0.842. The van der Waals surface area contributed by atoms with E-state index in [4.69, 9.17) is 5.14 Å². The lowest BCUT2D eigenvalue weighted by atomic mass is 9.99. The first-order chi connectivity index (χ1) is 7.00. The van der Waals surface area contributed by atoms with Gasteiger partial charge in [-0.1, -0.05) is 6.92 Å². The van der Waals surface area contributed by atoms with E-state index in [1.54, 1.807) is 0 Å². The van der Waals surface area contributed by atoms with Crippen molar-refractivity contribution < 1.29 is 4.21 Å². The maximum atomic E-state index is 11.0. The maximum Gasteiger partial charge on any atom is 0.125 e. The molecule has 0 aromatic carbocycles. The van der Waals surface area contributed by atoms with Crippen molar-refractivity contribution in [1.29, 1.82) is 0 Å². The van der Waals surface area contributed by atoms with Crippen molar-refractivity contribution in [1.82, 2.24) is 9.97 Å². The number of aromatic nitrogens is 2. The third-order valence-corrected chi connectivity index (χ3v) is 3.44. The van der Waals surface area contributed by atoms with Crippen LogP contribution in [0.25, 0.3) is 0 Å². The van der Waals surface area contributed by atoms with Gasteiger partial charge >= 0.3 is 0 Å². The Hall–Kier alpha value is -0.810. The van der Waals surface area contributed by atoms with Gasteiger partial charge in [-0.05, 0) is 31.7 Å². The Morgan fingerprint density at radius 2 is 1.93 bits per heavy atom. The minimum Gasteiger partial charge on any atom is -0.252 e. The molecule has 4 nitrogen and oxygen atoms in total. The van der Waals surface area contributed by atoms with E-state index in [1.165, 1.54) is 0 Å². The summed E-state index contributed by atoms with van der Waals surface area (Å²) >= 11 is 0. The van der Waals surface area contributed by atoms with E-state index in [-0.39, 0.29) is 11.2 Å². The molecular weight excluding hydrogens is 210 g/mol. The van der Waals surface area contributed by atoms with Crippen LogP contribution < -0.4 is 5.14 Å². The molecule has 1 heterocycles. The van der Waals surface area contributed by atoms with Crippen LogP contribution in [0.5, 0.6) is 0 Å². The van der Waals surface area contributed by atoms with Gasteiger partial charge in [0.05, 0.1) is 11.0 Å². The molecule has 1 aromatic rings. The molecule has 0 spiro atoms. The second kappa shape index (κ2) is 5.32. The van der Waals surface area contributed by atoms with E-state index in [0.29, 0.717) is 0 Å². The van der Waals surface area contributed by atoms with Crippen LogP contribution >= 0.6 is 0 Å². The standard InChI is InChI=1S/C10H17N3OS/c1-7(4-8(2)15(11)14)10-5-12-9(3)13-6-10/h5-8H,4,11H2,1-3H3/t7-,8?,15?/m1/s1. The first-order valence-electron chi connectivity index (χ1n) is 4.94. The van der Waals surface area contributed by atoms with Gasteiger partial charge in [0.2, 0.25) is 0 Å². The number of rotatable bonds is 4. The predicted molar refractivity (Wildman–Crippen MR) is 61.6 cm³/mol. The Morgan fingerprint density at radius 1 is 1.40 bits per heavy atom. The van der Waals surface area contributed by atoms with Crippen molar-refractivity contribution in [3.63, 3.8) is 0 Å². The minimum atomic E-state index is -1.25. The lowest BCUT2D eigenvalue weighted by Crippen LogP contribution is -2.20. The molecule has 0 radical (unpaired) electrons. The van der Waals surface area contributed by atoms with Gasteiger partial charge in [0.25, 0.3) is 0 Å². The van der Waals surface area contributed by atoms with Crippen molar-refractivity contribution in [3.05, 3.63) is 23.8 Å². The number of hydrogen-bond donors (Lipinski definition) is 1. The van der Waals surface area contributed by atoms with Gasteiger partial charge in [0.1, 0.15) is 5.82 Å². The van der Waals surface area contributed by atoms with Crippen molar-refractivity contribution in [2.75, 3.05) is 0 Å². The molecule has 0 saturated carbocycles. The van der Waals surface area contributed by atoms with Crippen LogP contribution in [0.15, 0.2) is 12.4 Å². The van der Waals surface area contributed by atoms with Crippen LogP contribution in [0.2, 0.25) is 0 Å². The fourth-order valence-electron chi connectivity index (χ4n) is 1.39. The monoisotopic (exact) mass is 227 g/mol. The molecule has 15 heavy (non-hydrogen) atoms. The fraction of sp³-hybridized carbons (Fsp3) is 0.600. The van der Waals surface area contributed by atoms with Gasteiger partial charge in [-0.3, -0.25) is 5.14 Å². The van der Waals surface area contributed by atoms with Crippen molar-refractivity contribution in [2.24, 2.45) is 5.14 Å². The molecule has 5 heteroatoms. The Labute approximate surface area is 92.9 Å². The first-order valence-corrected chi connectivity index (χ1v) is 6.22. The molecule has 2 N–H and O–H groups in total. The number of nitrogens with two attached hydrogens (primary N) is 1. The van der Waals surface area contributed by atoms with Gasteiger partial charge in [-0.2, -0.15) is 0 Å². The summed E-state index contributed by atoms with van der Waals surface area (Å²) in [7, 11) is -1.25. The smallest absolute Gasteiger partial charge is 0.125 e. The number of nitrogens with zero attached hydrogens (tertiary/aromatic N) is 2. The molecule has 2 unspecified atom stereocenters. The van der Waals surface area contributed by atoms with E-state index in [2.05, 4.69) is 16.9 Å². The van der Waals surface area contributed by atoms with Crippen LogP contribution in [0, 0.1) is 6.92 Å². The normalized spacial score (nSPS) is 17.1. The highest BCUT2D eigenvalue weighted by molar-refractivity contribution is 7.83. The topological polar surface area (TPSA) is 68.9 Å². The van der Waals surface area contributed by atoms with Crippen LogP contribution in [0.1, 0.15) is 37.6 Å². The summed E-state index contributed by atoms with van der Waals surface area (Å²) in [6.45, 7) is 5.81. The molecule has 1 aromatic heterocycles. The lowest BCUT2D eigenvalue weighted by molar-refractivity contribution is 0.632. The van der Waals surface area contributed by atoms with Gasteiger partial charge in [-0.15, -0.1) is 0 Å². The third-order valence-electron chi connectivity index (χ3n) is 2.45. The average molecular weight is 227 g/mol. The van der Waals surface area contributed by atoms with Crippen LogP contribution in [0.4, 0.5) is 0 Å². The second-order valence-electron chi connectivity index (χ2n) is 3.84. The average Bonchev–Trinajstić information content (AvgIpc) is 2.18. The van der Waals surface area contributed by atoms with E-state index >= 15 is 0 Å². The molecule has 0 saturated heterocycles. The molecule has 1 rings (SSSR count). The molecule has 0 aliphatic carbocycles. The molecular formula is C10H17N3OS. The van der Waals surface area contributed by atoms with Gasteiger partial charge in [-0.25, -0.2) is 14.2 Å². The van der Waals surface area contributed by atoms with E-state index in [1.807, 2.05) is 26.2 Å². The summed E-state index contributed by atoms with van der Waals surface area (Å²) in [6, 6.07) is 0. The van der Waals surface area contributed by atoms with Crippen LogP contribution in [0.3, 0.4) is 0 Å². The zero-order chi connectivity index (χ0) is 11.4. The Morgan fingerprint density at radius 3 is 2.40 bits per heavy atom. The minimum absolute atomic E-state index is 0.00121. The van der Waals surface area contributed by atoms with Crippen molar-refractivity contribution in [3.8, 4) is 0 Å². The fourth-order valence-corrected chi connectivity index (χ4v) is 1.86. The molecule has 0 amide bonds. The number of hydrogen-bond acceptors (Lipinski definition) is 3. The lowest BCUT2D eigenvalue weighted by Gasteiger charge is -2.14. The zero-order valence-electron chi connectivity index (χ0n) is 9.30. The number of aryl methyl sites for hydroxylation is 1. The van der Waals surface area contributed by atoms with E-state index in [9.17, 15) is 4.21 Å². The van der Waals surface area contributed by atoms with Crippen molar-refractivity contribution in [2.45, 2.75) is 38.4 Å². The first kappa shape index (κ1) is 12.3. The highest BCUT2D eigenvalue weighted by atomic mass is 32.2. The third kappa shape index (κ3) is 3.68. The maximum absolute atomic E-state index is 11.0.